The van der Waals surface area contributed by atoms with Crippen molar-refractivity contribution in [2.24, 2.45) is 0 Å². The van der Waals surface area contributed by atoms with Crippen LogP contribution in [-0.2, 0) is 6.42 Å². The standard InChI is InChI=1S/C12H12O/c1-10-7-12(13-9-10)8-11-5-3-2-4-6-11/h2-7,9H,8H2,1H3/i1D. The molecule has 66 valence electrons. The van der Waals surface area contributed by atoms with Crippen LogP contribution in [0.5, 0.6) is 0 Å². The van der Waals surface area contributed by atoms with E-state index < -0.39 is 0 Å². The van der Waals surface area contributed by atoms with Crippen molar-refractivity contribution in [1.29, 1.82) is 0 Å². The van der Waals surface area contributed by atoms with Crippen molar-refractivity contribution in [2.45, 2.75) is 13.3 Å². The fourth-order valence-electron chi connectivity index (χ4n) is 1.32. The van der Waals surface area contributed by atoms with Gasteiger partial charge in [-0.05, 0) is 24.1 Å². The number of hydrogen-bond donors (Lipinski definition) is 0. The monoisotopic (exact) mass is 173 g/mol. The van der Waals surface area contributed by atoms with Crippen LogP contribution in [0.25, 0.3) is 0 Å². The highest BCUT2D eigenvalue weighted by atomic mass is 16.3. The Bertz CT molecular complexity index is 392. The highest BCUT2D eigenvalue weighted by Gasteiger charge is 1.99. The second-order valence-electron chi connectivity index (χ2n) is 3.08. The van der Waals surface area contributed by atoms with E-state index in [0.29, 0.717) is 0 Å². The highest BCUT2D eigenvalue weighted by Crippen LogP contribution is 2.11. The molecule has 0 unspecified atom stereocenters. The lowest BCUT2D eigenvalue weighted by Crippen LogP contribution is -1.83. The molecule has 0 fully saturated rings. The largest absolute Gasteiger partial charge is 0.469 e. The molecule has 13 heavy (non-hydrogen) atoms. The van der Waals surface area contributed by atoms with E-state index in [1.165, 1.54) is 5.56 Å². The van der Waals surface area contributed by atoms with Gasteiger partial charge in [-0.3, -0.25) is 0 Å². The Labute approximate surface area is 79.4 Å². The maximum absolute atomic E-state index is 7.18. The fraction of sp³-hybridized carbons (Fsp3) is 0.167. The first-order chi connectivity index (χ1) is 6.88. The number of rotatable bonds is 2. The third-order valence-corrected chi connectivity index (χ3v) is 1.93. The molecule has 0 aliphatic carbocycles. The van der Waals surface area contributed by atoms with Gasteiger partial charge in [-0.2, -0.15) is 0 Å². The van der Waals surface area contributed by atoms with E-state index in [1.54, 1.807) is 6.26 Å². The van der Waals surface area contributed by atoms with E-state index in [4.69, 9.17) is 5.79 Å². The summed E-state index contributed by atoms with van der Waals surface area (Å²) < 4.78 is 12.5. The molecule has 0 aliphatic heterocycles. The summed E-state index contributed by atoms with van der Waals surface area (Å²) in [5.41, 5.74) is 2.18. The molecule has 1 heteroatoms. The molecule has 0 spiro atoms. The van der Waals surface area contributed by atoms with E-state index in [0.717, 1.165) is 17.7 Å². The molecule has 2 aromatic rings. The molecule has 0 N–H and O–H groups in total. The second kappa shape index (κ2) is 3.48. The molecule has 1 aromatic heterocycles. The van der Waals surface area contributed by atoms with Crippen LogP contribution in [0.15, 0.2) is 47.1 Å². The summed E-state index contributed by atoms with van der Waals surface area (Å²) in [6.45, 7) is 0.290. The van der Waals surface area contributed by atoms with Gasteiger partial charge in [-0.15, -0.1) is 0 Å². The van der Waals surface area contributed by atoms with Crippen molar-refractivity contribution < 1.29 is 5.79 Å². The van der Waals surface area contributed by atoms with Crippen molar-refractivity contribution in [3.63, 3.8) is 0 Å². The van der Waals surface area contributed by atoms with Gasteiger partial charge in [0.1, 0.15) is 5.76 Å². The summed E-state index contributed by atoms with van der Waals surface area (Å²) >= 11 is 0. The van der Waals surface area contributed by atoms with Crippen molar-refractivity contribution in [1.82, 2.24) is 0 Å². The highest BCUT2D eigenvalue weighted by molar-refractivity contribution is 5.22. The molecule has 0 bridgehead atoms. The maximum Gasteiger partial charge on any atom is 0.108 e. The Morgan fingerprint density at radius 1 is 1.31 bits per heavy atom. The summed E-state index contributed by atoms with van der Waals surface area (Å²) in [6, 6.07) is 12.1. The zero-order valence-electron chi connectivity index (χ0n) is 8.36. The summed E-state index contributed by atoms with van der Waals surface area (Å²) in [7, 11) is 0. The summed E-state index contributed by atoms with van der Waals surface area (Å²) in [6.07, 6.45) is 2.46. The molecule has 2 rings (SSSR count). The van der Waals surface area contributed by atoms with Crippen molar-refractivity contribution >= 4 is 0 Å². The predicted molar refractivity (Wildman–Crippen MR) is 52.7 cm³/mol. The van der Waals surface area contributed by atoms with Gasteiger partial charge in [0.2, 0.25) is 0 Å². The van der Waals surface area contributed by atoms with Crippen LogP contribution in [0.4, 0.5) is 0 Å². The predicted octanol–water partition coefficient (Wildman–Crippen LogP) is 3.18. The lowest BCUT2D eigenvalue weighted by molar-refractivity contribution is 0.519. The van der Waals surface area contributed by atoms with Crippen molar-refractivity contribution in [3.05, 3.63) is 59.5 Å². The van der Waals surface area contributed by atoms with Gasteiger partial charge in [0.15, 0.2) is 0 Å². The van der Waals surface area contributed by atoms with E-state index in [-0.39, 0.29) is 6.90 Å². The Balaban J connectivity index is 2.11. The average Bonchev–Trinajstić information content (AvgIpc) is 2.67. The molecule has 1 nitrogen and oxygen atoms in total. The Morgan fingerprint density at radius 2 is 2.15 bits per heavy atom. The SMILES string of the molecule is [2H]Cc1coc(Cc2ccccc2)c1. The number of aryl methyl sites for hydroxylation is 1. The van der Waals surface area contributed by atoms with Gasteiger partial charge in [0.25, 0.3) is 0 Å². The average molecular weight is 173 g/mol. The van der Waals surface area contributed by atoms with Gasteiger partial charge in [0.05, 0.1) is 6.26 Å². The molecule has 1 aromatic carbocycles. The molecule has 0 saturated carbocycles. The molecule has 0 radical (unpaired) electrons. The first kappa shape index (κ1) is 6.96. The second-order valence-corrected chi connectivity index (χ2v) is 3.08. The normalized spacial score (nSPS) is 11.2. The van der Waals surface area contributed by atoms with Gasteiger partial charge in [-0.1, -0.05) is 30.3 Å². The fourth-order valence-corrected chi connectivity index (χ4v) is 1.32. The van der Waals surface area contributed by atoms with Crippen LogP contribution in [0.1, 0.15) is 18.3 Å². The van der Waals surface area contributed by atoms with Crippen LogP contribution in [0.3, 0.4) is 0 Å². The Hall–Kier alpha value is -1.50. The van der Waals surface area contributed by atoms with Gasteiger partial charge >= 0.3 is 0 Å². The molecule has 0 atom stereocenters. The maximum atomic E-state index is 7.18. The molecular weight excluding hydrogens is 160 g/mol. The van der Waals surface area contributed by atoms with Crippen LogP contribution in [0.2, 0.25) is 0 Å². The smallest absolute Gasteiger partial charge is 0.108 e. The molecule has 0 aliphatic rings. The minimum absolute atomic E-state index is 0.290. The van der Waals surface area contributed by atoms with Crippen LogP contribution in [0, 0.1) is 6.90 Å². The lowest BCUT2D eigenvalue weighted by atomic mass is 10.1. The van der Waals surface area contributed by atoms with E-state index in [1.807, 2.05) is 24.3 Å². The van der Waals surface area contributed by atoms with Crippen molar-refractivity contribution in [3.8, 4) is 0 Å². The van der Waals surface area contributed by atoms with E-state index in [2.05, 4.69) is 12.1 Å². The molecular formula is C12H12O. The minimum atomic E-state index is 0.290. The minimum Gasteiger partial charge on any atom is -0.469 e. The van der Waals surface area contributed by atoms with Crippen LogP contribution >= 0.6 is 0 Å². The molecule has 0 amide bonds. The quantitative estimate of drug-likeness (QED) is 0.679. The molecule has 1 heterocycles. The topological polar surface area (TPSA) is 13.1 Å². The first-order valence-corrected chi connectivity index (χ1v) is 4.28. The molecule has 0 saturated heterocycles. The summed E-state index contributed by atoms with van der Waals surface area (Å²) in [5, 5.41) is 0. The van der Waals surface area contributed by atoms with Gasteiger partial charge in [0, 0.05) is 7.79 Å². The summed E-state index contributed by atoms with van der Waals surface area (Å²) in [4.78, 5) is 0. The third kappa shape index (κ3) is 2.00. The number of hydrogen-bond acceptors (Lipinski definition) is 1. The summed E-state index contributed by atoms with van der Waals surface area (Å²) in [5.74, 6) is 0.929. The Morgan fingerprint density at radius 3 is 2.85 bits per heavy atom. The number of benzene rings is 1. The first-order valence-electron chi connectivity index (χ1n) is 4.98. The zero-order valence-corrected chi connectivity index (χ0v) is 7.36. The van der Waals surface area contributed by atoms with E-state index in [9.17, 15) is 0 Å². The van der Waals surface area contributed by atoms with Crippen LogP contribution in [-0.4, -0.2) is 0 Å². The zero-order chi connectivity index (χ0) is 9.80. The Kier molecular flexibility index (Phi) is 1.86. The van der Waals surface area contributed by atoms with Crippen LogP contribution < -0.4 is 0 Å². The lowest BCUT2D eigenvalue weighted by Gasteiger charge is -1.95. The van der Waals surface area contributed by atoms with Gasteiger partial charge < -0.3 is 4.42 Å². The van der Waals surface area contributed by atoms with E-state index >= 15 is 0 Å². The van der Waals surface area contributed by atoms with Crippen molar-refractivity contribution in [2.75, 3.05) is 0 Å². The number of furan rings is 1. The van der Waals surface area contributed by atoms with Gasteiger partial charge in [-0.25, -0.2) is 0 Å². The third-order valence-electron chi connectivity index (χ3n) is 1.93.